The minimum absolute atomic E-state index is 0.0301. The van der Waals surface area contributed by atoms with Gasteiger partial charge in [-0.3, -0.25) is 13.9 Å². The van der Waals surface area contributed by atoms with Crippen molar-refractivity contribution in [3.63, 3.8) is 0 Å². The predicted octanol–water partition coefficient (Wildman–Crippen LogP) is 1.91. The lowest BCUT2D eigenvalue weighted by Gasteiger charge is -2.29. The molecule has 0 saturated heterocycles. The highest BCUT2D eigenvalue weighted by atomic mass is 35.5. The maximum absolute atomic E-state index is 12.9. The Balaban J connectivity index is 3.08. The number of hydrogen-bond donors (Lipinski definition) is 7. The van der Waals surface area contributed by atoms with Gasteiger partial charge in [0.25, 0.3) is 5.08 Å². The van der Waals surface area contributed by atoms with Crippen molar-refractivity contribution in [3.05, 3.63) is 29.8 Å². The first-order valence-electron chi connectivity index (χ1n) is 11.4. The summed E-state index contributed by atoms with van der Waals surface area (Å²) in [5, 5.41) is 11.0. The van der Waals surface area contributed by atoms with Crippen LogP contribution in [0.1, 0.15) is 32.8 Å². The minimum Gasteiger partial charge on any atom is -0.444 e. The van der Waals surface area contributed by atoms with Crippen molar-refractivity contribution in [1.29, 1.82) is 0 Å². The molecule has 38 heavy (non-hydrogen) atoms. The summed E-state index contributed by atoms with van der Waals surface area (Å²) in [7, 11) is -11.4. The highest BCUT2D eigenvalue weighted by Gasteiger charge is 2.58. The normalized spacial score (nSPS) is 13.5. The van der Waals surface area contributed by atoms with E-state index in [9.17, 15) is 43.4 Å². The van der Waals surface area contributed by atoms with Crippen LogP contribution in [-0.2, 0) is 25.1 Å². The van der Waals surface area contributed by atoms with E-state index in [4.69, 9.17) is 27.9 Å². The molecule has 0 radical (unpaired) electrons. The summed E-state index contributed by atoms with van der Waals surface area (Å²) in [4.78, 5) is 64.3. The van der Waals surface area contributed by atoms with E-state index >= 15 is 0 Å². The van der Waals surface area contributed by atoms with Crippen molar-refractivity contribution < 1.29 is 48.1 Å². The fourth-order valence-electron chi connectivity index (χ4n) is 3.25. The number of ether oxygens (including phenoxy) is 1. The summed E-state index contributed by atoms with van der Waals surface area (Å²) in [5.41, 5.74) is 0.596. The lowest BCUT2D eigenvalue weighted by atomic mass is 10.0. The summed E-state index contributed by atoms with van der Waals surface area (Å²) in [5.74, 6) is -0.0655. The maximum atomic E-state index is 12.9. The average Bonchev–Trinajstić information content (AvgIpc) is 2.76. The smallest absolute Gasteiger partial charge is 0.408 e. The molecule has 2 amide bonds. The fourth-order valence-corrected chi connectivity index (χ4v) is 5.82. The van der Waals surface area contributed by atoms with Crippen LogP contribution in [0.2, 0.25) is 0 Å². The number of anilines is 1. The van der Waals surface area contributed by atoms with Gasteiger partial charge in [-0.2, -0.15) is 0 Å². The van der Waals surface area contributed by atoms with Crippen LogP contribution in [0, 0.1) is 0 Å². The van der Waals surface area contributed by atoms with E-state index in [2.05, 4.69) is 10.6 Å². The van der Waals surface area contributed by atoms with Crippen LogP contribution in [0.4, 0.5) is 10.5 Å². The van der Waals surface area contributed by atoms with Crippen LogP contribution in [-0.4, -0.2) is 84.8 Å². The van der Waals surface area contributed by atoms with Crippen molar-refractivity contribution in [2.45, 2.75) is 50.3 Å². The number of aliphatic hydroxyl groups is 1. The van der Waals surface area contributed by atoms with Gasteiger partial charge >= 0.3 is 21.3 Å². The summed E-state index contributed by atoms with van der Waals surface area (Å²) < 4.78 is 28.3. The van der Waals surface area contributed by atoms with Crippen molar-refractivity contribution in [2.75, 3.05) is 36.3 Å². The summed E-state index contributed by atoms with van der Waals surface area (Å²) in [6.45, 7) is 5.28. The van der Waals surface area contributed by atoms with Gasteiger partial charge in [0, 0.05) is 49.9 Å². The van der Waals surface area contributed by atoms with Crippen LogP contribution < -0.4 is 15.5 Å². The number of rotatable bonds is 14. The molecule has 0 unspecified atom stereocenters. The molecule has 13 nitrogen and oxygen atoms in total. The number of carbonyl (C=O) groups excluding carboxylic acids is 2. The summed E-state index contributed by atoms with van der Waals surface area (Å²) in [6, 6.07) is 5.79. The average molecular weight is 622 g/mol. The molecule has 0 saturated carbocycles. The van der Waals surface area contributed by atoms with Gasteiger partial charge in [0.1, 0.15) is 11.6 Å². The Kier molecular flexibility index (Phi) is 13.0. The van der Waals surface area contributed by atoms with Gasteiger partial charge < -0.3 is 45.0 Å². The van der Waals surface area contributed by atoms with E-state index in [1.165, 1.54) is 0 Å². The SMILES string of the molecule is CC(C)(C)OC(=O)N[C@@H](Cc1ccc(N(CCCl)CCCl)cc1)C(=O)NCCC(O)(P(=O)(O)O)P(=O)(O)O. The molecule has 7 N–H and O–H groups in total. The first-order chi connectivity index (χ1) is 17.3. The molecular weight excluding hydrogens is 587 g/mol. The van der Waals surface area contributed by atoms with E-state index in [0.717, 1.165) is 5.69 Å². The van der Waals surface area contributed by atoms with E-state index < -0.39 is 56.9 Å². The predicted molar refractivity (Wildman–Crippen MR) is 144 cm³/mol. The second-order valence-corrected chi connectivity index (χ2v) is 14.1. The number of carbonyl (C=O) groups is 2. The van der Waals surface area contributed by atoms with Crippen molar-refractivity contribution in [2.24, 2.45) is 0 Å². The number of amides is 2. The number of alkyl halides is 2. The summed E-state index contributed by atoms with van der Waals surface area (Å²) in [6.07, 6.45) is -2.10. The zero-order chi connectivity index (χ0) is 29.4. The van der Waals surface area contributed by atoms with Crippen LogP contribution in [0.25, 0.3) is 0 Å². The maximum Gasteiger partial charge on any atom is 0.408 e. The van der Waals surface area contributed by atoms with E-state index in [1.54, 1.807) is 45.0 Å². The molecule has 1 rings (SSSR count). The lowest BCUT2D eigenvalue weighted by Crippen LogP contribution is -2.50. The number of halogens is 2. The highest BCUT2D eigenvalue weighted by Crippen LogP contribution is 2.68. The zero-order valence-corrected chi connectivity index (χ0v) is 24.5. The Labute approximate surface area is 231 Å². The molecule has 0 aliphatic carbocycles. The van der Waals surface area contributed by atoms with Crippen molar-refractivity contribution in [1.82, 2.24) is 10.6 Å². The van der Waals surface area contributed by atoms with Crippen LogP contribution in [0.5, 0.6) is 0 Å². The lowest BCUT2D eigenvalue weighted by molar-refractivity contribution is -0.123. The Morgan fingerprint density at radius 2 is 1.50 bits per heavy atom. The minimum atomic E-state index is -5.69. The van der Waals surface area contributed by atoms with Gasteiger partial charge in [-0.05, 0) is 38.5 Å². The third kappa shape index (κ3) is 10.6. The number of nitrogens with one attached hydrogen (secondary N) is 2. The second-order valence-electron chi connectivity index (χ2n) is 9.34. The number of nitrogens with zero attached hydrogens (tertiary/aromatic N) is 1. The Hall–Kier alpha value is -1.40. The first-order valence-corrected chi connectivity index (χ1v) is 15.7. The third-order valence-electron chi connectivity index (χ3n) is 5.15. The van der Waals surface area contributed by atoms with Gasteiger partial charge in [0.2, 0.25) is 5.91 Å². The molecule has 0 aliphatic heterocycles. The first kappa shape index (κ1) is 34.6. The van der Waals surface area contributed by atoms with E-state index in [1.807, 2.05) is 4.90 Å². The van der Waals surface area contributed by atoms with Gasteiger partial charge in [-0.25, -0.2) is 4.79 Å². The molecule has 1 atom stereocenters. The van der Waals surface area contributed by atoms with E-state index in [-0.39, 0.29) is 6.42 Å². The molecule has 0 heterocycles. The van der Waals surface area contributed by atoms with Gasteiger partial charge in [0.15, 0.2) is 0 Å². The monoisotopic (exact) mass is 621 g/mol. The molecule has 17 heteroatoms. The standard InChI is InChI=1S/C21H35Cl2N3O10P2/c1-20(2,3)36-19(28)25-17(14-15-4-6-16(7-5-15)26(12-9-22)13-10-23)18(27)24-11-8-21(29,37(30,31)32)38(33,34)35/h4-7,17,29H,8-14H2,1-3H3,(H,24,27)(H,25,28)(H2,30,31,32)(H2,33,34,35)/t17-/m0/s1. The molecule has 1 aromatic rings. The fraction of sp³-hybridized carbons (Fsp3) is 0.619. The molecule has 0 fully saturated rings. The highest BCUT2D eigenvalue weighted by molar-refractivity contribution is 7.72. The summed E-state index contributed by atoms with van der Waals surface area (Å²) >= 11 is 11.7. The molecule has 1 aromatic carbocycles. The molecular formula is C21H35Cl2N3O10P2. The van der Waals surface area contributed by atoms with Crippen molar-refractivity contribution in [3.8, 4) is 0 Å². The molecule has 0 aromatic heterocycles. The Bertz CT molecular complexity index is 999. The molecule has 218 valence electrons. The quantitative estimate of drug-likeness (QED) is 0.118. The number of hydrogen-bond acceptors (Lipinski definition) is 7. The second kappa shape index (κ2) is 14.3. The topological polar surface area (TPSA) is 206 Å². The van der Waals surface area contributed by atoms with Crippen LogP contribution in [0.3, 0.4) is 0 Å². The van der Waals surface area contributed by atoms with Crippen LogP contribution in [0.15, 0.2) is 24.3 Å². The number of benzene rings is 1. The Morgan fingerprint density at radius 1 is 1.00 bits per heavy atom. The largest absolute Gasteiger partial charge is 0.444 e. The van der Waals surface area contributed by atoms with Gasteiger partial charge in [-0.1, -0.05) is 12.1 Å². The molecule has 0 aliphatic rings. The molecule has 0 bridgehead atoms. The third-order valence-corrected chi connectivity index (χ3v) is 9.36. The van der Waals surface area contributed by atoms with Crippen molar-refractivity contribution >= 4 is 56.1 Å². The van der Waals surface area contributed by atoms with Gasteiger partial charge in [-0.15, -0.1) is 23.2 Å². The Morgan fingerprint density at radius 3 is 1.92 bits per heavy atom. The molecule has 0 spiro atoms. The van der Waals surface area contributed by atoms with Gasteiger partial charge in [0.05, 0.1) is 0 Å². The van der Waals surface area contributed by atoms with E-state index in [0.29, 0.717) is 30.4 Å². The zero-order valence-electron chi connectivity index (χ0n) is 21.2. The number of alkyl carbamates (subject to hydrolysis) is 1. The van der Waals surface area contributed by atoms with Crippen LogP contribution >= 0.6 is 38.4 Å².